The van der Waals surface area contributed by atoms with Crippen molar-refractivity contribution in [3.05, 3.63) is 21.9 Å². The van der Waals surface area contributed by atoms with Gasteiger partial charge in [-0.1, -0.05) is 6.92 Å². The quantitative estimate of drug-likeness (QED) is 0.851. The lowest BCUT2D eigenvalue weighted by Crippen LogP contribution is -2.54. The Labute approximate surface area is 124 Å². The number of aryl methyl sites for hydroxylation is 1. The molecule has 1 spiro atoms. The minimum atomic E-state index is -0.131. The number of ether oxygens (including phenoxy) is 1. The maximum absolute atomic E-state index is 11.5. The summed E-state index contributed by atoms with van der Waals surface area (Å²) >= 11 is 1.91. The molecule has 5 heteroatoms. The molecule has 3 rings (SSSR count). The smallest absolute Gasteiger partial charge is 0.248 e. The van der Waals surface area contributed by atoms with Gasteiger partial charge in [-0.25, -0.2) is 0 Å². The summed E-state index contributed by atoms with van der Waals surface area (Å²) in [6.07, 6.45) is 2.14. The first-order chi connectivity index (χ1) is 9.60. The highest BCUT2D eigenvalue weighted by atomic mass is 32.1. The van der Waals surface area contributed by atoms with Crippen LogP contribution < -0.4 is 0 Å². The maximum atomic E-state index is 11.5. The zero-order chi connectivity index (χ0) is 14.2. The molecule has 0 aromatic carbocycles. The van der Waals surface area contributed by atoms with Crippen LogP contribution in [0, 0.1) is 0 Å². The lowest BCUT2D eigenvalue weighted by atomic mass is 10.0. The Bertz CT molecular complexity index is 502. The molecule has 4 nitrogen and oxygen atoms in total. The highest BCUT2D eigenvalue weighted by Crippen LogP contribution is 2.31. The summed E-state index contributed by atoms with van der Waals surface area (Å²) in [5, 5.41) is 0. The Hall–Kier alpha value is -0.910. The van der Waals surface area contributed by atoms with Gasteiger partial charge in [-0.3, -0.25) is 9.69 Å². The van der Waals surface area contributed by atoms with E-state index in [0.717, 1.165) is 39.0 Å². The van der Waals surface area contributed by atoms with E-state index < -0.39 is 0 Å². The fraction of sp³-hybridized carbons (Fsp3) is 0.667. The predicted molar refractivity (Wildman–Crippen MR) is 79.9 cm³/mol. The summed E-state index contributed by atoms with van der Waals surface area (Å²) < 4.78 is 5.87. The van der Waals surface area contributed by atoms with Crippen molar-refractivity contribution in [2.45, 2.75) is 31.9 Å². The standard InChI is InChI=1S/C15H22N2O2S/c1-3-12-4-5-13(20-12)8-17-7-6-15(11-17)10-16(2)14(18)9-19-15/h4-5H,3,6-11H2,1-2H3/t15-/m1/s1. The van der Waals surface area contributed by atoms with Crippen LogP contribution in [0.15, 0.2) is 12.1 Å². The van der Waals surface area contributed by atoms with Crippen LogP contribution in [-0.2, 0) is 22.5 Å². The van der Waals surface area contributed by atoms with Crippen molar-refractivity contribution in [2.75, 3.05) is 33.3 Å². The zero-order valence-corrected chi connectivity index (χ0v) is 13.0. The Balaban J connectivity index is 1.60. The van der Waals surface area contributed by atoms with Gasteiger partial charge in [0.1, 0.15) is 12.2 Å². The third-order valence-corrected chi connectivity index (χ3v) is 5.51. The number of thiophene rings is 1. The van der Waals surface area contributed by atoms with Gasteiger partial charge in [0, 0.05) is 36.4 Å². The second-order valence-corrected chi connectivity index (χ2v) is 7.16. The van der Waals surface area contributed by atoms with Gasteiger partial charge in [-0.2, -0.15) is 0 Å². The molecule has 0 aliphatic carbocycles. The minimum absolute atomic E-state index is 0.0971. The molecule has 0 saturated carbocycles. The molecule has 110 valence electrons. The molecule has 0 N–H and O–H groups in total. The number of rotatable bonds is 3. The Morgan fingerprint density at radius 2 is 2.15 bits per heavy atom. The number of carbonyl (C=O) groups excluding carboxylic acids is 1. The van der Waals surface area contributed by atoms with Crippen molar-refractivity contribution in [2.24, 2.45) is 0 Å². The fourth-order valence-electron chi connectivity index (χ4n) is 3.12. The van der Waals surface area contributed by atoms with Gasteiger partial charge in [-0.05, 0) is 25.0 Å². The second-order valence-electron chi connectivity index (χ2n) is 5.90. The summed E-state index contributed by atoms with van der Waals surface area (Å²) in [5.74, 6) is 0.0971. The molecule has 0 bridgehead atoms. The van der Waals surface area contributed by atoms with E-state index in [4.69, 9.17) is 4.74 Å². The predicted octanol–water partition coefficient (Wildman–Crippen LogP) is 1.74. The Morgan fingerprint density at radius 3 is 2.85 bits per heavy atom. The van der Waals surface area contributed by atoms with E-state index in [1.165, 1.54) is 9.75 Å². The number of hydrogen-bond acceptors (Lipinski definition) is 4. The van der Waals surface area contributed by atoms with E-state index in [9.17, 15) is 4.79 Å². The van der Waals surface area contributed by atoms with E-state index >= 15 is 0 Å². The lowest BCUT2D eigenvalue weighted by molar-refractivity contribution is -0.159. The van der Waals surface area contributed by atoms with E-state index in [1.54, 1.807) is 0 Å². The average molecular weight is 294 g/mol. The van der Waals surface area contributed by atoms with Crippen LogP contribution in [0.2, 0.25) is 0 Å². The largest absolute Gasteiger partial charge is 0.362 e. The average Bonchev–Trinajstić information content (AvgIpc) is 3.03. The first-order valence-electron chi connectivity index (χ1n) is 7.28. The lowest BCUT2D eigenvalue weighted by Gasteiger charge is -2.38. The van der Waals surface area contributed by atoms with Crippen molar-refractivity contribution in [3.8, 4) is 0 Å². The Morgan fingerprint density at radius 1 is 1.35 bits per heavy atom. The van der Waals surface area contributed by atoms with Crippen LogP contribution >= 0.6 is 11.3 Å². The van der Waals surface area contributed by atoms with Crippen LogP contribution in [0.3, 0.4) is 0 Å². The molecule has 2 fully saturated rings. The van der Waals surface area contributed by atoms with E-state index in [1.807, 2.05) is 23.3 Å². The van der Waals surface area contributed by atoms with Gasteiger partial charge < -0.3 is 9.64 Å². The SMILES string of the molecule is CCc1ccc(CN2CC[C@]3(C2)CN(C)C(=O)CO3)s1. The minimum Gasteiger partial charge on any atom is -0.362 e. The molecule has 2 aliphatic rings. The topological polar surface area (TPSA) is 32.8 Å². The first kappa shape index (κ1) is 14.0. The number of carbonyl (C=O) groups is 1. The normalized spacial score (nSPS) is 27.7. The molecule has 1 amide bonds. The molecule has 3 heterocycles. The molecule has 2 aliphatic heterocycles. The number of nitrogens with zero attached hydrogens (tertiary/aromatic N) is 2. The highest BCUT2D eigenvalue weighted by Gasteiger charge is 2.43. The van der Waals surface area contributed by atoms with E-state index in [-0.39, 0.29) is 18.1 Å². The summed E-state index contributed by atoms with van der Waals surface area (Å²) in [6, 6.07) is 4.47. The number of likely N-dealkylation sites (N-methyl/N-ethyl adjacent to an activating group) is 1. The zero-order valence-electron chi connectivity index (χ0n) is 12.2. The van der Waals surface area contributed by atoms with Gasteiger partial charge in [-0.15, -0.1) is 11.3 Å². The van der Waals surface area contributed by atoms with Gasteiger partial charge in [0.15, 0.2) is 0 Å². The van der Waals surface area contributed by atoms with Gasteiger partial charge >= 0.3 is 0 Å². The number of morpholine rings is 1. The molecule has 2 saturated heterocycles. The van der Waals surface area contributed by atoms with Crippen molar-refractivity contribution in [1.82, 2.24) is 9.80 Å². The van der Waals surface area contributed by atoms with Crippen LogP contribution in [-0.4, -0.2) is 54.6 Å². The molecular weight excluding hydrogens is 272 g/mol. The van der Waals surface area contributed by atoms with Crippen LogP contribution in [0.4, 0.5) is 0 Å². The van der Waals surface area contributed by atoms with Crippen molar-refractivity contribution in [1.29, 1.82) is 0 Å². The summed E-state index contributed by atoms with van der Waals surface area (Å²) in [7, 11) is 1.88. The van der Waals surface area contributed by atoms with Crippen LogP contribution in [0.25, 0.3) is 0 Å². The molecule has 0 radical (unpaired) electrons. The van der Waals surface area contributed by atoms with Gasteiger partial charge in [0.2, 0.25) is 5.91 Å². The molecule has 20 heavy (non-hydrogen) atoms. The van der Waals surface area contributed by atoms with Gasteiger partial charge in [0.05, 0.1) is 6.54 Å². The van der Waals surface area contributed by atoms with Crippen molar-refractivity contribution < 1.29 is 9.53 Å². The first-order valence-corrected chi connectivity index (χ1v) is 8.10. The highest BCUT2D eigenvalue weighted by molar-refractivity contribution is 7.11. The fourth-order valence-corrected chi connectivity index (χ4v) is 4.12. The summed E-state index contributed by atoms with van der Waals surface area (Å²) in [4.78, 5) is 18.7. The van der Waals surface area contributed by atoms with Crippen LogP contribution in [0.5, 0.6) is 0 Å². The monoisotopic (exact) mass is 294 g/mol. The molecular formula is C15H22N2O2S. The third-order valence-electron chi connectivity index (χ3n) is 4.29. The van der Waals surface area contributed by atoms with Crippen molar-refractivity contribution >= 4 is 17.2 Å². The molecule has 1 aromatic rings. The summed E-state index contributed by atoms with van der Waals surface area (Å²) in [6.45, 7) is 6.16. The third kappa shape index (κ3) is 2.75. The van der Waals surface area contributed by atoms with Crippen LogP contribution in [0.1, 0.15) is 23.1 Å². The molecule has 0 unspecified atom stereocenters. The second kappa shape index (κ2) is 5.47. The molecule has 1 atom stereocenters. The number of likely N-dealkylation sites (tertiary alicyclic amines) is 1. The maximum Gasteiger partial charge on any atom is 0.248 e. The van der Waals surface area contributed by atoms with Gasteiger partial charge in [0.25, 0.3) is 0 Å². The number of amides is 1. The van der Waals surface area contributed by atoms with E-state index in [0.29, 0.717) is 0 Å². The number of hydrogen-bond donors (Lipinski definition) is 0. The Kier molecular flexibility index (Phi) is 3.84. The summed E-state index contributed by atoms with van der Waals surface area (Å²) in [5.41, 5.74) is -0.131. The van der Waals surface area contributed by atoms with Crippen molar-refractivity contribution in [3.63, 3.8) is 0 Å². The van der Waals surface area contributed by atoms with E-state index in [2.05, 4.69) is 24.0 Å². The molecule has 1 aromatic heterocycles.